The molecule has 0 bridgehead atoms. The Hall–Kier alpha value is -0.960. The normalized spacial score (nSPS) is 19.7. The molecule has 1 aliphatic rings. The van der Waals surface area contributed by atoms with E-state index in [1.165, 1.54) is 12.1 Å². The molecule has 0 spiro atoms. The van der Waals surface area contributed by atoms with E-state index in [2.05, 4.69) is 15.6 Å². The third kappa shape index (κ3) is 5.84. The molecule has 1 aromatic rings. The van der Waals surface area contributed by atoms with Gasteiger partial charge in [0.05, 0.1) is 10.6 Å². The van der Waals surface area contributed by atoms with Gasteiger partial charge in [0, 0.05) is 6.54 Å². The Morgan fingerprint density at radius 1 is 1.12 bits per heavy atom. The number of hydrogen-bond donors (Lipinski definition) is 0. The van der Waals surface area contributed by atoms with Crippen LogP contribution in [0.4, 0.5) is 0 Å². The molecule has 6 nitrogen and oxygen atoms in total. The van der Waals surface area contributed by atoms with Crippen molar-refractivity contribution in [1.29, 1.82) is 0 Å². The first-order valence-corrected chi connectivity index (χ1v) is 11.1. The van der Waals surface area contributed by atoms with Gasteiger partial charge < -0.3 is 4.90 Å². The lowest BCUT2D eigenvalue weighted by Crippen LogP contribution is -2.17. The fraction of sp³-hybridized carbons (Fsp3) is 0.625. The van der Waals surface area contributed by atoms with Gasteiger partial charge in [0.2, 0.25) is 0 Å². The van der Waals surface area contributed by atoms with E-state index in [9.17, 15) is 16.8 Å². The molecule has 2 rings (SSSR count). The maximum absolute atomic E-state index is 12.0. The Balaban J connectivity index is 1.83. The van der Waals surface area contributed by atoms with Gasteiger partial charge in [-0.3, -0.25) is 0 Å². The predicted octanol–water partition coefficient (Wildman–Crippen LogP) is 2.15. The molecular formula is C16H25NO5S2. The van der Waals surface area contributed by atoms with Crippen LogP contribution < -0.4 is 0 Å². The molecule has 1 saturated heterocycles. The van der Waals surface area contributed by atoms with Crippen LogP contribution in [-0.4, -0.2) is 47.6 Å². The Morgan fingerprint density at radius 2 is 1.79 bits per heavy atom. The van der Waals surface area contributed by atoms with E-state index >= 15 is 0 Å². The molecule has 1 heterocycles. The molecule has 1 fully saturated rings. The van der Waals surface area contributed by atoms with Crippen LogP contribution in [0, 0.1) is 12.8 Å². The van der Waals surface area contributed by atoms with E-state index in [0.29, 0.717) is 12.3 Å². The second-order valence-electron chi connectivity index (χ2n) is 6.51. The number of benzene rings is 1. The lowest BCUT2D eigenvalue weighted by atomic mass is 10.0. The van der Waals surface area contributed by atoms with Crippen LogP contribution in [0.5, 0.6) is 0 Å². The third-order valence-corrected chi connectivity index (χ3v) is 7.43. The van der Waals surface area contributed by atoms with Crippen LogP contribution in [0.25, 0.3) is 0 Å². The second kappa shape index (κ2) is 7.95. The van der Waals surface area contributed by atoms with Crippen molar-refractivity contribution in [1.82, 2.24) is 4.90 Å². The quantitative estimate of drug-likeness (QED) is 0.648. The largest absolute Gasteiger partial charge is 0.311 e. The number of unbranched alkanes of at least 4 members (excludes halogenated alkanes) is 1. The van der Waals surface area contributed by atoms with Gasteiger partial charge >= 0.3 is 10.1 Å². The summed E-state index contributed by atoms with van der Waals surface area (Å²) in [7, 11) is -6.31. The molecule has 1 aromatic carbocycles. The van der Waals surface area contributed by atoms with Crippen LogP contribution in [0.2, 0.25) is 0 Å². The second-order valence-corrected chi connectivity index (χ2v) is 9.96. The van der Waals surface area contributed by atoms with Crippen LogP contribution >= 0.6 is 0 Å². The van der Waals surface area contributed by atoms with Gasteiger partial charge in [-0.15, -0.1) is 3.63 Å². The number of hydrogen-bond acceptors (Lipinski definition) is 6. The van der Waals surface area contributed by atoms with E-state index in [1.54, 1.807) is 12.1 Å². The SMILES string of the molecule is Cc1ccc(S(=O)(=O)OS(=O)(=O)CCCCC2CCN(C)C2)cc1. The van der Waals surface area contributed by atoms with Crippen molar-refractivity contribution in [3.05, 3.63) is 29.8 Å². The van der Waals surface area contributed by atoms with Gasteiger partial charge in [0.25, 0.3) is 10.1 Å². The van der Waals surface area contributed by atoms with E-state index in [-0.39, 0.29) is 10.6 Å². The minimum atomic E-state index is -4.29. The molecule has 136 valence electrons. The van der Waals surface area contributed by atoms with Gasteiger partial charge in [-0.1, -0.05) is 24.1 Å². The fourth-order valence-electron chi connectivity index (χ4n) is 2.89. The molecule has 0 aliphatic carbocycles. The van der Waals surface area contributed by atoms with Crippen molar-refractivity contribution in [2.45, 2.75) is 37.5 Å². The first kappa shape index (κ1) is 19.4. The van der Waals surface area contributed by atoms with E-state index in [0.717, 1.165) is 37.9 Å². The summed E-state index contributed by atoms with van der Waals surface area (Å²) in [5, 5.41) is 0. The van der Waals surface area contributed by atoms with Crippen molar-refractivity contribution in [2.75, 3.05) is 25.9 Å². The highest BCUT2D eigenvalue weighted by molar-refractivity contribution is 7.99. The highest BCUT2D eigenvalue weighted by Gasteiger charge is 2.25. The average Bonchev–Trinajstić information content (AvgIpc) is 2.89. The molecule has 0 N–H and O–H groups in total. The average molecular weight is 376 g/mol. The summed E-state index contributed by atoms with van der Waals surface area (Å²) in [5.41, 5.74) is 0.884. The molecule has 8 heteroatoms. The highest BCUT2D eigenvalue weighted by Crippen LogP contribution is 2.21. The third-order valence-electron chi connectivity index (χ3n) is 4.25. The van der Waals surface area contributed by atoms with Crippen molar-refractivity contribution in [3.63, 3.8) is 0 Å². The minimum absolute atomic E-state index is 0.148. The maximum Gasteiger partial charge on any atom is 0.311 e. The summed E-state index contributed by atoms with van der Waals surface area (Å²) in [4.78, 5) is 2.12. The van der Waals surface area contributed by atoms with Crippen molar-refractivity contribution < 1.29 is 20.5 Å². The van der Waals surface area contributed by atoms with Crippen LogP contribution in [-0.2, 0) is 23.9 Å². The minimum Gasteiger partial charge on any atom is -0.306 e. The number of likely N-dealkylation sites (tertiary alicyclic amines) is 1. The summed E-state index contributed by atoms with van der Waals surface area (Å²) in [6.07, 6.45) is 3.27. The van der Waals surface area contributed by atoms with E-state index < -0.39 is 20.2 Å². The van der Waals surface area contributed by atoms with Crippen molar-refractivity contribution >= 4 is 20.2 Å². The molecular weight excluding hydrogens is 350 g/mol. The molecule has 24 heavy (non-hydrogen) atoms. The maximum atomic E-state index is 12.0. The predicted molar refractivity (Wildman–Crippen MR) is 92.7 cm³/mol. The first-order chi connectivity index (χ1) is 11.2. The van der Waals surface area contributed by atoms with Gasteiger partial charge in [-0.05, 0) is 57.8 Å². The first-order valence-electron chi connectivity index (χ1n) is 8.12. The van der Waals surface area contributed by atoms with Crippen LogP contribution in [0.3, 0.4) is 0 Å². The molecule has 0 amide bonds. The Morgan fingerprint density at radius 3 is 2.38 bits per heavy atom. The van der Waals surface area contributed by atoms with E-state index in [4.69, 9.17) is 0 Å². The summed E-state index contributed by atoms with van der Waals surface area (Å²) >= 11 is 0. The van der Waals surface area contributed by atoms with Gasteiger partial charge in [-0.25, -0.2) is 0 Å². The molecule has 1 unspecified atom stereocenters. The zero-order valence-corrected chi connectivity index (χ0v) is 15.8. The summed E-state index contributed by atoms with van der Waals surface area (Å²) < 4.78 is 52.4. The lowest BCUT2D eigenvalue weighted by Gasteiger charge is -2.10. The number of nitrogens with zero attached hydrogens (tertiary/aromatic N) is 1. The molecule has 0 radical (unpaired) electrons. The summed E-state index contributed by atoms with van der Waals surface area (Å²) in [6.45, 7) is 3.95. The van der Waals surface area contributed by atoms with Crippen LogP contribution in [0.1, 0.15) is 31.2 Å². The van der Waals surface area contributed by atoms with Gasteiger partial charge in [0.1, 0.15) is 0 Å². The molecule has 1 aliphatic heterocycles. The zero-order valence-electron chi connectivity index (χ0n) is 14.1. The monoisotopic (exact) mass is 375 g/mol. The number of rotatable bonds is 8. The zero-order chi connectivity index (χ0) is 17.8. The van der Waals surface area contributed by atoms with Gasteiger partial charge in [-0.2, -0.15) is 16.8 Å². The summed E-state index contributed by atoms with van der Waals surface area (Å²) in [6, 6.07) is 5.89. The Kier molecular flexibility index (Phi) is 6.41. The lowest BCUT2D eigenvalue weighted by molar-refractivity contribution is 0.384. The van der Waals surface area contributed by atoms with E-state index in [1.807, 2.05) is 6.92 Å². The standard InChI is InChI=1S/C16H25NO5S2/c1-14-6-8-16(9-7-14)24(20,21)22-23(18,19)12-4-3-5-15-10-11-17(2)13-15/h6-9,15H,3-5,10-13H2,1-2H3. The smallest absolute Gasteiger partial charge is 0.306 e. The fourth-order valence-corrected chi connectivity index (χ4v) is 5.59. The number of aryl methyl sites for hydroxylation is 1. The van der Waals surface area contributed by atoms with Crippen molar-refractivity contribution in [2.24, 2.45) is 5.92 Å². The molecule has 1 atom stereocenters. The summed E-state index contributed by atoms with van der Waals surface area (Å²) in [5.74, 6) is 0.329. The Labute approximate surface area is 145 Å². The van der Waals surface area contributed by atoms with Crippen LogP contribution in [0.15, 0.2) is 29.2 Å². The highest BCUT2D eigenvalue weighted by atomic mass is 32.3. The molecule has 0 saturated carbocycles. The topological polar surface area (TPSA) is 80.8 Å². The Bertz CT molecular complexity index is 741. The van der Waals surface area contributed by atoms with Crippen molar-refractivity contribution in [3.8, 4) is 0 Å². The molecule has 0 aromatic heterocycles. The van der Waals surface area contributed by atoms with Gasteiger partial charge in [0.15, 0.2) is 0 Å².